The van der Waals surface area contributed by atoms with Crippen LogP contribution in [0.25, 0.3) is 0 Å². The van der Waals surface area contributed by atoms with Gasteiger partial charge < -0.3 is 19.6 Å². The molecule has 1 N–H and O–H groups in total. The van der Waals surface area contributed by atoms with E-state index in [-0.39, 0.29) is 17.6 Å². The van der Waals surface area contributed by atoms with E-state index in [1.165, 1.54) is 25.0 Å². The number of para-hydroxylation sites is 1. The summed E-state index contributed by atoms with van der Waals surface area (Å²) in [5.41, 5.74) is 0.0202. The summed E-state index contributed by atoms with van der Waals surface area (Å²) in [6, 6.07) is 4.05. The number of rotatable bonds is 3. The van der Waals surface area contributed by atoms with Gasteiger partial charge in [-0.3, -0.25) is 4.79 Å². The van der Waals surface area contributed by atoms with Crippen molar-refractivity contribution in [2.24, 2.45) is 0 Å². The summed E-state index contributed by atoms with van der Waals surface area (Å²) >= 11 is 0. The Bertz CT molecular complexity index is 561. The van der Waals surface area contributed by atoms with Gasteiger partial charge in [0, 0.05) is 26.2 Å². The van der Waals surface area contributed by atoms with Crippen LogP contribution >= 0.6 is 0 Å². The Balaban J connectivity index is 1.69. The van der Waals surface area contributed by atoms with Gasteiger partial charge in [0.15, 0.2) is 11.6 Å². The van der Waals surface area contributed by atoms with Gasteiger partial charge in [0.1, 0.15) is 0 Å². The number of aromatic hydroxyl groups is 1. The van der Waals surface area contributed by atoms with Crippen LogP contribution in [0.1, 0.15) is 29.6 Å². The van der Waals surface area contributed by atoms with Crippen molar-refractivity contribution in [3.63, 3.8) is 0 Å². The first-order valence-corrected chi connectivity index (χ1v) is 8.26. The molecule has 23 heavy (non-hydrogen) atoms. The molecule has 6 heteroatoms. The van der Waals surface area contributed by atoms with E-state index in [2.05, 4.69) is 4.90 Å². The molecular weight excluding hydrogens is 299 g/mol. The third kappa shape index (κ3) is 3.82. The van der Waals surface area contributed by atoms with Gasteiger partial charge in [-0.1, -0.05) is 6.07 Å². The second kappa shape index (κ2) is 7.27. The number of amides is 1. The van der Waals surface area contributed by atoms with Crippen molar-refractivity contribution >= 4 is 5.91 Å². The van der Waals surface area contributed by atoms with Crippen LogP contribution in [0.5, 0.6) is 5.75 Å². The predicted molar refractivity (Wildman–Crippen MR) is 84.0 cm³/mol. The molecule has 0 aliphatic carbocycles. The second-order valence-electron chi connectivity index (χ2n) is 6.24. The van der Waals surface area contributed by atoms with E-state index in [1.54, 1.807) is 4.90 Å². The summed E-state index contributed by atoms with van der Waals surface area (Å²) in [6.07, 6.45) is 3.15. The van der Waals surface area contributed by atoms with Gasteiger partial charge in [0.25, 0.3) is 5.91 Å². The maximum atomic E-state index is 13.5. The average molecular weight is 322 g/mol. The molecule has 1 amide bonds. The van der Waals surface area contributed by atoms with Crippen LogP contribution in [-0.4, -0.2) is 66.2 Å². The first kappa shape index (κ1) is 16.2. The van der Waals surface area contributed by atoms with Crippen molar-refractivity contribution in [2.75, 3.05) is 39.3 Å². The van der Waals surface area contributed by atoms with Crippen molar-refractivity contribution < 1.29 is 19.0 Å². The fraction of sp³-hybridized carbons (Fsp3) is 0.588. The number of halogens is 1. The van der Waals surface area contributed by atoms with Gasteiger partial charge in [0.2, 0.25) is 0 Å². The number of ether oxygens (including phenoxy) is 1. The van der Waals surface area contributed by atoms with Crippen molar-refractivity contribution in [1.29, 1.82) is 0 Å². The number of phenolic OH excluding ortho intramolecular Hbond substituents is 1. The Kier molecular flexibility index (Phi) is 5.13. The molecule has 2 saturated heterocycles. The van der Waals surface area contributed by atoms with Gasteiger partial charge in [-0.25, -0.2) is 4.39 Å². The first-order chi connectivity index (χ1) is 11.1. The first-order valence-electron chi connectivity index (χ1n) is 8.26. The largest absolute Gasteiger partial charge is 0.504 e. The van der Waals surface area contributed by atoms with Crippen LogP contribution in [0.3, 0.4) is 0 Å². The third-order valence-electron chi connectivity index (χ3n) is 4.51. The minimum Gasteiger partial charge on any atom is -0.504 e. The standard InChI is InChI=1S/C17H23FN2O3/c18-15-6-3-5-14(16(15)21)17(22)20-9-4-10-23-13(12-20)11-19-7-1-2-8-19/h3,5-6,13,21H,1-2,4,7-12H2/t13-/m0/s1. The van der Waals surface area contributed by atoms with Gasteiger partial charge in [0.05, 0.1) is 11.7 Å². The van der Waals surface area contributed by atoms with E-state index in [1.807, 2.05) is 0 Å². The number of likely N-dealkylation sites (tertiary alicyclic amines) is 1. The quantitative estimate of drug-likeness (QED) is 0.923. The molecule has 5 nitrogen and oxygen atoms in total. The summed E-state index contributed by atoms with van der Waals surface area (Å²) < 4.78 is 19.3. The molecule has 126 valence electrons. The summed E-state index contributed by atoms with van der Waals surface area (Å²) in [6.45, 7) is 4.64. The van der Waals surface area contributed by atoms with Crippen LogP contribution in [0.4, 0.5) is 4.39 Å². The normalized spacial score (nSPS) is 23.0. The molecule has 2 fully saturated rings. The number of carbonyl (C=O) groups is 1. The zero-order valence-electron chi connectivity index (χ0n) is 13.2. The van der Waals surface area contributed by atoms with Crippen molar-refractivity contribution in [2.45, 2.75) is 25.4 Å². The van der Waals surface area contributed by atoms with Gasteiger partial charge in [-0.15, -0.1) is 0 Å². The summed E-state index contributed by atoms with van der Waals surface area (Å²) in [7, 11) is 0. The molecule has 0 spiro atoms. The highest BCUT2D eigenvalue weighted by molar-refractivity contribution is 5.96. The molecular formula is C17H23FN2O3. The molecule has 1 atom stereocenters. The topological polar surface area (TPSA) is 53.0 Å². The van der Waals surface area contributed by atoms with E-state index in [4.69, 9.17) is 4.74 Å². The summed E-state index contributed by atoms with van der Waals surface area (Å²) in [4.78, 5) is 16.7. The molecule has 2 aliphatic heterocycles. The van der Waals surface area contributed by atoms with Crippen LogP contribution < -0.4 is 0 Å². The van der Waals surface area contributed by atoms with E-state index < -0.39 is 11.6 Å². The Morgan fingerprint density at radius 1 is 1.26 bits per heavy atom. The van der Waals surface area contributed by atoms with Crippen LogP contribution in [0, 0.1) is 5.82 Å². The monoisotopic (exact) mass is 322 g/mol. The van der Waals surface area contributed by atoms with Crippen molar-refractivity contribution in [3.8, 4) is 5.75 Å². The summed E-state index contributed by atoms with van der Waals surface area (Å²) in [5.74, 6) is -1.67. The van der Waals surface area contributed by atoms with Gasteiger partial charge in [-0.05, 0) is 44.5 Å². The second-order valence-corrected chi connectivity index (χ2v) is 6.24. The number of hydrogen-bond acceptors (Lipinski definition) is 4. The Morgan fingerprint density at radius 3 is 2.83 bits per heavy atom. The average Bonchev–Trinajstić information content (AvgIpc) is 2.94. The molecule has 0 aromatic heterocycles. The molecule has 2 aliphatic rings. The summed E-state index contributed by atoms with van der Waals surface area (Å²) in [5, 5.41) is 9.80. The smallest absolute Gasteiger partial charge is 0.257 e. The molecule has 1 aromatic carbocycles. The Labute approximate surface area is 135 Å². The van der Waals surface area contributed by atoms with E-state index in [9.17, 15) is 14.3 Å². The van der Waals surface area contributed by atoms with E-state index >= 15 is 0 Å². The lowest BCUT2D eigenvalue weighted by Gasteiger charge is -2.27. The Morgan fingerprint density at radius 2 is 2.04 bits per heavy atom. The lowest BCUT2D eigenvalue weighted by atomic mass is 10.1. The molecule has 2 heterocycles. The van der Waals surface area contributed by atoms with Gasteiger partial charge in [-0.2, -0.15) is 0 Å². The van der Waals surface area contributed by atoms with Crippen LogP contribution in [-0.2, 0) is 4.74 Å². The van der Waals surface area contributed by atoms with Gasteiger partial charge >= 0.3 is 0 Å². The highest BCUT2D eigenvalue weighted by Gasteiger charge is 2.27. The minimum atomic E-state index is -0.768. The molecule has 1 aromatic rings. The molecule has 0 saturated carbocycles. The molecule has 3 rings (SSSR count). The molecule has 0 unspecified atom stereocenters. The minimum absolute atomic E-state index is 0.0202. The lowest BCUT2D eigenvalue weighted by molar-refractivity contribution is 0.0297. The SMILES string of the molecule is O=C(c1cccc(F)c1O)N1CCCO[C@@H](CN2CCCC2)C1. The number of hydrogen-bond donors (Lipinski definition) is 1. The van der Waals surface area contributed by atoms with Crippen LogP contribution in [0.2, 0.25) is 0 Å². The zero-order valence-corrected chi connectivity index (χ0v) is 13.2. The maximum absolute atomic E-state index is 13.5. The molecule has 0 bridgehead atoms. The fourth-order valence-corrected chi connectivity index (χ4v) is 3.30. The lowest BCUT2D eigenvalue weighted by Crippen LogP contribution is -2.41. The van der Waals surface area contributed by atoms with Crippen molar-refractivity contribution in [1.82, 2.24) is 9.80 Å². The molecule has 0 radical (unpaired) electrons. The maximum Gasteiger partial charge on any atom is 0.257 e. The number of carbonyl (C=O) groups excluding carboxylic acids is 1. The van der Waals surface area contributed by atoms with E-state index in [0.717, 1.165) is 32.1 Å². The zero-order chi connectivity index (χ0) is 16.2. The number of benzene rings is 1. The number of phenols is 1. The van der Waals surface area contributed by atoms with E-state index in [0.29, 0.717) is 19.7 Å². The Hall–Kier alpha value is -1.66. The van der Waals surface area contributed by atoms with Crippen LogP contribution in [0.15, 0.2) is 18.2 Å². The van der Waals surface area contributed by atoms with Crippen molar-refractivity contribution in [3.05, 3.63) is 29.6 Å². The highest BCUT2D eigenvalue weighted by atomic mass is 19.1. The number of nitrogens with zero attached hydrogens (tertiary/aromatic N) is 2. The predicted octanol–water partition coefficient (Wildman–Crippen LogP) is 1.86. The fourth-order valence-electron chi connectivity index (χ4n) is 3.30. The highest BCUT2D eigenvalue weighted by Crippen LogP contribution is 2.23. The third-order valence-corrected chi connectivity index (χ3v) is 4.51.